The molecule has 17 heavy (non-hydrogen) atoms. The zero-order chi connectivity index (χ0) is 13.5. The van der Waals surface area contributed by atoms with Crippen LogP contribution in [0.1, 0.15) is 33.6 Å². The van der Waals surface area contributed by atoms with Crippen LogP contribution in [-0.4, -0.2) is 37.0 Å². The summed E-state index contributed by atoms with van der Waals surface area (Å²) < 4.78 is 4.68. The number of nitrogens with one attached hydrogen (secondary N) is 1. The van der Waals surface area contributed by atoms with Crippen LogP contribution in [0.4, 0.5) is 0 Å². The van der Waals surface area contributed by atoms with Crippen molar-refractivity contribution < 1.29 is 14.3 Å². The summed E-state index contributed by atoms with van der Waals surface area (Å²) in [7, 11) is 1.34. The minimum Gasteiger partial charge on any atom is -0.467 e. The fourth-order valence-corrected chi connectivity index (χ4v) is 1.83. The number of methoxy groups -OCH3 is 1. The maximum Gasteiger partial charge on any atom is 0.328 e. The highest BCUT2D eigenvalue weighted by molar-refractivity contribution is 7.98. The molecule has 0 aromatic heterocycles. The quantitative estimate of drug-likeness (QED) is 0.741. The predicted molar refractivity (Wildman–Crippen MR) is 71.0 cm³/mol. The summed E-state index contributed by atoms with van der Waals surface area (Å²) in [5, 5.41) is 2.73. The Morgan fingerprint density at radius 3 is 2.35 bits per heavy atom. The molecule has 0 aromatic carbocycles. The van der Waals surface area contributed by atoms with Gasteiger partial charge >= 0.3 is 5.97 Å². The number of thioether (sulfide) groups is 1. The maximum atomic E-state index is 11.7. The number of rotatable bonds is 6. The lowest BCUT2D eigenvalue weighted by molar-refractivity contribution is -0.145. The Kier molecular flexibility index (Phi) is 7.27. The van der Waals surface area contributed by atoms with E-state index in [1.54, 1.807) is 11.8 Å². The van der Waals surface area contributed by atoms with Gasteiger partial charge in [-0.25, -0.2) is 4.79 Å². The number of amides is 1. The molecule has 0 bridgehead atoms. The third-order valence-electron chi connectivity index (χ3n) is 2.12. The first-order chi connectivity index (χ1) is 7.80. The Hall–Kier alpha value is -0.710. The highest BCUT2D eigenvalue weighted by Gasteiger charge is 2.23. The molecule has 0 radical (unpaired) electrons. The van der Waals surface area contributed by atoms with Gasteiger partial charge in [0.2, 0.25) is 5.91 Å². The Bertz CT molecular complexity index is 261. The van der Waals surface area contributed by atoms with Gasteiger partial charge in [0.25, 0.3) is 0 Å². The van der Waals surface area contributed by atoms with Crippen LogP contribution in [0.2, 0.25) is 0 Å². The minimum atomic E-state index is -0.526. The topological polar surface area (TPSA) is 55.4 Å². The fourth-order valence-electron chi connectivity index (χ4n) is 1.35. The van der Waals surface area contributed by atoms with Crippen LogP contribution in [0.3, 0.4) is 0 Å². The van der Waals surface area contributed by atoms with Crippen molar-refractivity contribution in [3.05, 3.63) is 0 Å². The van der Waals surface area contributed by atoms with Gasteiger partial charge in [0.1, 0.15) is 6.04 Å². The van der Waals surface area contributed by atoms with E-state index in [1.165, 1.54) is 7.11 Å². The summed E-state index contributed by atoms with van der Waals surface area (Å²) in [5.41, 5.74) is -0.0791. The average molecular weight is 261 g/mol. The first kappa shape index (κ1) is 16.3. The summed E-state index contributed by atoms with van der Waals surface area (Å²) >= 11 is 1.64. The second-order valence-corrected chi connectivity index (χ2v) is 6.15. The predicted octanol–water partition coefficient (Wildman–Crippen LogP) is 1.83. The minimum absolute atomic E-state index is 0.0791. The van der Waals surface area contributed by atoms with E-state index >= 15 is 0 Å². The second-order valence-electron chi connectivity index (χ2n) is 5.16. The molecule has 0 heterocycles. The number of carbonyl (C=O) groups excluding carboxylic acids is 2. The molecule has 1 N–H and O–H groups in total. The highest BCUT2D eigenvalue weighted by atomic mass is 32.2. The normalized spacial score (nSPS) is 13.0. The Morgan fingerprint density at radius 2 is 1.94 bits per heavy atom. The molecular weight excluding hydrogens is 238 g/mol. The number of esters is 1. The standard InChI is InChI=1S/C12H23NO3S/c1-12(2,3)8-10(14)13-9(6-7-17-5)11(15)16-4/h9H,6-8H2,1-5H3,(H,13,14). The molecule has 0 aliphatic carbocycles. The zero-order valence-electron chi connectivity index (χ0n) is 11.3. The van der Waals surface area contributed by atoms with Crippen LogP contribution in [-0.2, 0) is 14.3 Å². The van der Waals surface area contributed by atoms with Gasteiger partial charge in [-0.05, 0) is 23.8 Å². The molecule has 0 aliphatic rings. The van der Waals surface area contributed by atoms with Crippen LogP contribution in [0.15, 0.2) is 0 Å². The fraction of sp³-hybridized carbons (Fsp3) is 0.833. The van der Waals surface area contributed by atoms with Crippen LogP contribution >= 0.6 is 11.8 Å². The van der Waals surface area contributed by atoms with Crippen molar-refractivity contribution in [3.8, 4) is 0 Å². The summed E-state index contributed by atoms with van der Waals surface area (Å²) in [5.74, 6) is 0.338. The molecule has 1 unspecified atom stereocenters. The molecule has 0 saturated carbocycles. The van der Waals surface area contributed by atoms with Crippen molar-refractivity contribution in [1.29, 1.82) is 0 Å². The SMILES string of the molecule is COC(=O)C(CCSC)NC(=O)CC(C)(C)C. The lowest BCUT2D eigenvalue weighted by atomic mass is 9.92. The molecule has 4 nitrogen and oxygen atoms in total. The third kappa shape index (κ3) is 8.07. The van der Waals surface area contributed by atoms with E-state index in [2.05, 4.69) is 10.1 Å². The molecule has 0 rings (SSSR count). The van der Waals surface area contributed by atoms with E-state index < -0.39 is 6.04 Å². The molecule has 0 aromatic rings. The van der Waals surface area contributed by atoms with Crippen LogP contribution in [0.5, 0.6) is 0 Å². The lowest BCUT2D eigenvalue weighted by Crippen LogP contribution is -2.43. The number of hydrogen-bond acceptors (Lipinski definition) is 4. The molecule has 5 heteroatoms. The van der Waals surface area contributed by atoms with Crippen molar-refractivity contribution in [2.75, 3.05) is 19.1 Å². The molecule has 0 fully saturated rings. The first-order valence-corrected chi connectivity index (χ1v) is 7.05. The van der Waals surface area contributed by atoms with Crippen molar-refractivity contribution in [2.45, 2.75) is 39.7 Å². The maximum absolute atomic E-state index is 11.7. The largest absolute Gasteiger partial charge is 0.467 e. The Balaban J connectivity index is 4.32. The van der Waals surface area contributed by atoms with Gasteiger partial charge in [-0.15, -0.1) is 0 Å². The van der Waals surface area contributed by atoms with E-state index in [1.807, 2.05) is 27.0 Å². The molecule has 1 amide bonds. The Labute approximate surface area is 108 Å². The number of ether oxygens (including phenoxy) is 1. The first-order valence-electron chi connectivity index (χ1n) is 5.66. The molecule has 0 spiro atoms. The zero-order valence-corrected chi connectivity index (χ0v) is 12.1. The molecule has 1 atom stereocenters. The monoisotopic (exact) mass is 261 g/mol. The van der Waals surface area contributed by atoms with E-state index in [0.29, 0.717) is 12.8 Å². The van der Waals surface area contributed by atoms with Gasteiger partial charge in [-0.3, -0.25) is 4.79 Å². The van der Waals surface area contributed by atoms with E-state index in [0.717, 1.165) is 5.75 Å². The highest BCUT2D eigenvalue weighted by Crippen LogP contribution is 2.18. The van der Waals surface area contributed by atoms with Gasteiger partial charge < -0.3 is 10.1 Å². The van der Waals surface area contributed by atoms with E-state index in [4.69, 9.17) is 0 Å². The van der Waals surface area contributed by atoms with E-state index in [-0.39, 0.29) is 17.3 Å². The van der Waals surface area contributed by atoms with Crippen molar-refractivity contribution in [2.24, 2.45) is 5.41 Å². The van der Waals surface area contributed by atoms with Gasteiger partial charge in [0.05, 0.1) is 7.11 Å². The van der Waals surface area contributed by atoms with Crippen LogP contribution in [0, 0.1) is 5.41 Å². The van der Waals surface area contributed by atoms with Crippen LogP contribution < -0.4 is 5.32 Å². The summed E-state index contributed by atoms with van der Waals surface area (Å²) in [6, 6.07) is -0.526. The van der Waals surface area contributed by atoms with Gasteiger partial charge in [-0.2, -0.15) is 11.8 Å². The van der Waals surface area contributed by atoms with E-state index in [9.17, 15) is 9.59 Å². The number of carbonyl (C=O) groups is 2. The molecule has 100 valence electrons. The summed E-state index contributed by atoms with van der Waals surface area (Å²) in [4.78, 5) is 23.2. The smallest absolute Gasteiger partial charge is 0.328 e. The van der Waals surface area contributed by atoms with Gasteiger partial charge in [-0.1, -0.05) is 20.8 Å². The van der Waals surface area contributed by atoms with Gasteiger partial charge in [0.15, 0.2) is 0 Å². The molecule has 0 aliphatic heterocycles. The lowest BCUT2D eigenvalue weighted by Gasteiger charge is -2.20. The number of hydrogen-bond donors (Lipinski definition) is 1. The van der Waals surface area contributed by atoms with Crippen molar-refractivity contribution in [3.63, 3.8) is 0 Å². The second kappa shape index (κ2) is 7.58. The Morgan fingerprint density at radius 1 is 1.35 bits per heavy atom. The molecular formula is C12H23NO3S. The average Bonchev–Trinajstić information content (AvgIpc) is 2.20. The third-order valence-corrected chi connectivity index (χ3v) is 2.77. The summed E-state index contributed by atoms with van der Waals surface area (Å²) in [6.07, 6.45) is 2.97. The summed E-state index contributed by atoms with van der Waals surface area (Å²) in [6.45, 7) is 5.96. The molecule has 0 saturated heterocycles. The van der Waals surface area contributed by atoms with Crippen LogP contribution in [0.25, 0.3) is 0 Å². The van der Waals surface area contributed by atoms with Crippen molar-refractivity contribution in [1.82, 2.24) is 5.32 Å². The van der Waals surface area contributed by atoms with Gasteiger partial charge in [0, 0.05) is 6.42 Å². The van der Waals surface area contributed by atoms with Crippen molar-refractivity contribution >= 4 is 23.6 Å².